The third-order valence-electron chi connectivity index (χ3n) is 2.90. The maximum atomic E-state index is 11.8. The fourth-order valence-electron chi connectivity index (χ4n) is 1.81. The van der Waals surface area contributed by atoms with Crippen molar-refractivity contribution in [1.29, 1.82) is 0 Å². The average Bonchev–Trinajstić information content (AvgIpc) is 2.54. The van der Waals surface area contributed by atoms with Crippen molar-refractivity contribution in [3.8, 4) is 0 Å². The van der Waals surface area contributed by atoms with E-state index in [1.54, 1.807) is 7.11 Å². The summed E-state index contributed by atoms with van der Waals surface area (Å²) < 4.78 is 4.97. The lowest BCUT2D eigenvalue weighted by Gasteiger charge is -2.10. The van der Waals surface area contributed by atoms with Crippen LogP contribution in [-0.2, 0) is 16.0 Å². The quantitative estimate of drug-likeness (QED) is 0.236. The Hall–Kier alpha value is -1.35. The predicted octanol–water partition coefficient (Wildman–Crippen LogP) is 1.16. The van der Waals surface area contributed by atoms with Crippen molar-refractivity contribution in [2.24, 2.45) is 4.99 Å². The van der Waals surface area contributed by atoms with Crippen LogP contribution in [0.4, 0.5) is 0 Å². The standard InChI is InChI=1S/C16H26N4O2.HI/c1-3-17-16(19-11-12-22-2)20-13-15(21)18-10-9-14-7-5-4-6-8-14;/h4-8H,3,9-13H2,1-2H3,(H,18,21)(H2,17,19,20);1H. The molecule has 1 aromatic carbocycles. The molecule has 0 fully saturated rings. The van der Waals surface area contributed by atoms with Crippen LogP contribution in [0.2, 0.25) is 0 Å². The molecule has 0 aliphatic rings. The molecule has 1 rings (SSSR count). The van der Waals surface area contributed by atoms with Crippen molar-refractivity contribution in [1.82, 2.24) is 16.0 Å². The van der Waals surface area contributed by atoms with Crippen LogP contribution in [0.3, 0.4) is 0 Å². The van der Waals surface area contributed by atoms with Gasteiger partial charge in [0.1, 0.15) is 6.54 Å². The monoisotopic (exact) mass is 434 g/mol. The highest BCUT2D eigenvalue weighted by molar-refractivity contribution is 14.0. The molecule has 0 spiro atoms. The SMILES string of the molecule is CCNC(=NCC(=O)NCCc1ccccc1)NCCOC.I. The van der Waals surface area contributed by atoms with Crippen molar-refractivity contribution < 1.29 is 9.53 Å². The minimum absolute atomic E-state index is 0. The Morgan fingerprint density at radius 1 is 1.13 bits per heavy atom. The number of ether oxygens (including phenoxy) is 1. The van der Waals surface area contributed by atoms with E-state index in [2.05, 4.69) is 20.9 Å². The number of halogens is 1. The normalized spacial score (nSPS) is 10.6. The molecular formula is C16H27IN4O2. The number of carbonyl (C=O) groups is 1. The largest absolute Gasteiger partial charge is 0.383 e. The number of nitrogens with zero attached hydrogens (tertiary/aromatic N) is 1. The fraction of sp³-hybridized carbons (Fsp3) is 0.500. The summed E-state index contributed by atoms with van der Waals surface area (Å²) in [5.41, 5.74) is 1.21. The number of methoxy groups -OCH3 is 1. The molecule has 23 heavy (non-hydrogen) atoms. The molecule has 3 N–H and O–H groups in total. The summed E-state index contributed by atoms with van der Waals surface area (Å²) >= 11 is 0. The number of hydrogen-bond acceptors (Lipinski definition) is 3. The highest BCUT2D eigenvalue weighted by Gasteiger charge is 2.02. The lowest BCUT2D eigenvalue weighted by molar-refractivity contribution is -0.119. The molecule has 0 unspecified atom stereocenters. The van der Waals surface area contributed by atoms with Gasteiger partial charge in [-0.3, -0.25) is 4.79 Å². The first-order valence-corrected chi connectivity index (χ1v) is 7.58. The third kappa shape index (κ3) is 10.9. The van der Waals surface area contributed by atoms with Gasteiger partial charge in [0.05, 0.1) is 6.61 Å². The molecular weight excluding hydrogens is 407 g/mol. The lowest BCUT2D eigenvalue weighted by Crippen LogP contribution is -2.40. The van der Waals surface area contributed by atoms with Crippen LogP contribution in [-0.4, -0.2) is 51.8 Å². The minimum Gasteiger partial charge on any atom is -0.383 e. The maximum absolute atomic E-state index is 11.8. The molecule has 0 saturated carbocycles. The molecule has 0 radical (unpaired) electrons. The molecule has 0 atom stereocenters. The smallest absolute Gasteiger partial charge is 0.241 e. The van der Waals surface area contributed by atoms with E-state index >= 15 is 0 Å². The molecule has 0 heterocycles. The van der Waals surface area contributed by atoms with Crippen LogP contribution in [0.5, 0.6) is 0 Å². The molecule has 7 heteroatoms. The number of aliphatic imine (C=N–C) groups is 1. The van der Waals surface area contributed by atoms with Crippen LogP contribution in [0, 0.1) is 0 Å². The number of amides is 1. The Morgan fingerprint density at radius 3 is 2.52 bits per heavy atom. The predicted molar refractivity (Wildman–Crippen MR) is 104 cm³/mol. The van der Waals surface area contributed by atoms with Gasteiger partial charge in [0.15, 0.2) is 5.96 Å². The van der Waals surface area contributed by atoms with E-state index < -0.39 is 0 Å². The highest BCUT2D eigenvalue weighted by atomic mass is 127. The summed E-state index contributed by atoms with van der Waals surface area (Å²) in [5, 5.41) is 9.04. The van der Waals surface area contributed by atoms with Crippen LogP contribution < -0.4 is 16.0 Å². The Labute approximate surface area is 155 Å². The van der Waals surface area contributed by atoms with Crippen LogP contribution in [0.15, 0.2) is 35.3 Å². The van der Waals surface area contributed by atoms with Gasteiger partial charge in [-0.25, -0.2) is 4.99 Å². The first-order valence-electron chi connectivity index (χ1n) is 7.58. The van der Waals surface area contributed by atoms with Crippen molar-refractivity contribution in [3.05, 3.63) is 35.9 Å². The number of nitrogens with one attached hydrogen (secondary N) is 3. The van der Waals surface area contributed by atoms with Gasteiger partial charge in [-0.05, 0) is 18.9 Å². The third-order valence-corrected chi connectivity index (χ3v) is 2.90. The van der Waals surface area contributed by atoms with Gasteiger partial charge >= 0.3 is 0 Å². The van der Waals surface area contributed by atoms with E-state index in [-0.39, 0.29) is 36.4 Å². The zero-order chi connectivity index (χ0) is 16.0. The number of benzene rings is 1. The van der Waals surface area contributed by atoms with Gasteiger partial charge in [0.25, 0.3) is 0 Å². The van der Waals surface area contributed by atoms with E-state index in [1.165, 1.54) is 5.56 Å². The Balaban J connectivity index is 0.00000484. The number of guanidine groups is 1. The molecule has 6 nitrogen and oxygen atoms in total. The minimum atomic E-state index is -0.0834. The van der Waals surface area contributed by atoms with Crippen LogP contribution in [0.25, 0.3) is 0 Å². The summed E-state index contributed by atoms with van der Waals surface area (Å²) in [6.45, 7) is 4.69. The van der Waals surface area contributed by atoms with Crippen molar-refractivity contribution in [3.63, 3.8) is 0 Å². The van der Waals surface area contributed by atoms with Gasteiger partial charge < -0.3 is 20.7 Å². The van der Waals surface area contributed by atoms with E-state index in [4.69, 9.17) is 4.74 Å². The van der Waals surface area contributed by atoms with E-state index in [1.807, 2.05) is 37.3 Å². The second-order valence-corrected chi connectivity index (χ2v) is 4.70. The second-order valence-electron chi connectivity index (χ2n) is 4.70. The van der Waals surface area contributed by atoms with Gasteiger partial charge in [0.2, 0.25) is 5.91 Å². The topological polar surface area (TPSA) is 74.8 Å². The molecule has 0 aliphatic carbocycles. The molecule has 0 aromatic heterocycles. The second kappa shape index (κ2) is 14.3. The Bertz CT molecular complexity index is 455. The number of rotatable bonds is 9. The highest BCUT2D eigenvalue weighted by Crippen LogP contribution is 1.97. The molecule has 1 aromatic rings. The van der Waals surface area contributed by atoms with E-state index in [9.17, 15) is 4.79 Å². The van der Waals surface area contributed by atoms with Gasteiger partial charge in [-0.2, -0.15) is 0 Å². The van der Waals surface area contributed by atoms with Crippen LogP contribution >= 0.6 is 24.0 Å². The fourth-order valence-corrected chi connectivity index (χ4v) is 1.81. The average molecular weight is 434 g/mol. The summed E-state index contributed by atoms with van der Waals surface area (Å²) in [7, 11) is 1.64. The maximum Gasteiger partial charge on any atom is 0.241 e. The summed E-state index contributed by atoms with van der Waals surface area (Å²) in [6.07, 6.45) is 0.822. The zero-order valence-corrected chi connectivity index (χ0v) is 16.1. The molecule has 1 amide bonds. The van der Waals surface area contributed by atoms with E-state index in [0.29, 0.717) is 25.7 Å². The molecule has 0 saturated heterocycles. The van der Waals surface area contributed by atoms with Gasteiger partial charge in [-0.1, -0.05) is 30.3 Å². The molecule has 0 bridgehead atoms. The van der Waals surface area contributed by atoms with Crippen molar-refractivity contribution >= 4 is 35.8 Å². The van der Waals surface area contributed by atoms with Crippen molar-refractivity contribution in [2.45, 2.75) is 13.3 Å². The molecule has 130 valence electrons. The van der Waals surface area contributed by atoms with Gasteiger partial charge in [-0.15, -0.1) is 24.0 Å². The first-order chi connectivity index (χ1) is 10.8. The Kier molecular flexibility index (Phi) is 13.4. The van der Waals surface area contributed by atoms with E-state index in [0.717, 1.165) is 13.0 Å². The molecule has 0 aliphatic heterocycles. The van der Waals surface area contributed by atoms with Crippen molar-refractivity contribution in [2.75, 3.05) is 39.9 Å². The lowest BCUT2D eigenvalue weighted by atomic mass is 10.1. The Morgan fingerprint density at radius 2 is 1.87 bits per heavy atom. The number of hydrogen-bond donors (Lipinski definition) is 3. The summed E-state index contributed by atoms with van der Waals surface area (Å²) in [4.78, 5) is 16.0. The number of carbonyl (C=O) groups excluding carboxylic acids is 1. The zero-order valence-electron chi connectivity index (χ0n) is 13.8. The van der Waals surface area contributed by atoms with Gasteiger partial charge in [0, 0.05) is 26.7 Å². The summed E-state index contributed by atoms with van der Waals surface area (Å²) in [5.74, 6) is 0.539. The summed E-state index contributed by atoms with van der Waals surface area (Å²) in [6, 6.07) is 10.1. The first kappa shape index (κ1) is 21.6. The van der Waals surface area contributed by atoms with Crippen LogP contribution in [0.1, 0.15) is 12.5 Å².